The van der Waals surface area contributed by atoms with Gasteiger partial charge in [-0.2, -0.15) is 4.31 Å². The maximum absolute atomic E-state index is 13.0. The van der Waals surface area contributed by atoms with E-state index in [1.807, 2.05) is 51.7 Å². The van der Waals surface area contributed by atoms with Gasteiger partial charge in [0.25, 0.3) is 0 Å². The molecule has 2 rings (SSSR count). The number of hydrogen-bond acceptors (Lipinski definition) is 3. The molecule has 1 heterocycles. The molecule has 1 aliphatic heterocycles. The summed E-state index contributed by atoms with van der Waals surface area (Å²) < 4.78 is 27.5. The molecule has 1 aromatic carbocycles. The van der Waals surface area contributed by atoms with E-state index in [1.54, 1.807) is 6.07 Å². The Kier molecular flexibility index (Phi) is 5.94. The smallest absolute Gasteiger partial charge is 0.243 e. The van der Waals surface area contributed by atoms with E-state index >= 15 is 0 Å². The first-order valence-corrected chi connectivity index (χ1v) is 10.3. The lowest BCUT2D eigenvalue weighted by molar-refractivity contribution is -0.132. The normalized spacial score (nSPS) is 17.4. The zero-order chi connectivity index (χ0) is 18.8. The van der Waals surface area contributed by atoms with Crippen LogP contribution >= 0.6 is 0 Å². The molecular weight excluding hydrogens is 336 g/mol. The van der Waals surface area contributed by atoms with Crippen LogP contribution in [0.25, 0.3) is 0 Å². The number of hydrogen-bond donors (Lipinski definition) is 0. The molecule has 0 bridgehead atoms. The van der Waals surface area contributed by atoms with E-state index in [2.05, 4.69) is 0 Å². The van der Waals surface area contributed by atoms with E-state index in [-0.39, 0.29) is 11.3 Å². The minimum Gasteiger partial charge on any atom is -0.341 e. The maximum Gasteiger partial charge on any atom is 0.243 e. The molecule has 0 N–H and O–H groups in total. The summed E-state index contributed by atoms with van der Waals surface area (Å²) >= 11 is 0. The molecule has 140 valence electrons. The van der Waals surface area contributed by atoms with E-state index in [0.717, 1.165) is 11.1 Å². The molecule has 1 saturated heterocycles. The number of sulfonamides is 1. The van der Waals surface area contributed by atoms with Gasteiger partial charge in [0.05, 0.1) is 4.90 Å². The summed E-state index contributed by atoms with van der Waals surface area (Å²) in [5, 5.41) is 0. The fourth-order valence-corrected chi connectivity index (χ4v) is 4.85. The van der Waals surface area contributed by atoms with Gasteiger partial charge in [-0.15, -0.1) is 0 Å². The molecule has 1 fully saturated rings. The Labute approximate surface area is 152 Å². The summed E-state index contributed by atoms with van der Waals surface area (Å²) in [7, 11) is -3.52. The minimum atomic E-state index is -3.52. The molecule has 0 atom stereocenters. The summed E-state index contributed by atoms with van der Waals surface area (Å²) in [4.78, 5) is 14.6. The van der Waals surface area contributed by atoms with E-state index < -0.39 is 10.0 Å². The van der Waals surface area contributed by atoms with Gasteiger partial charge in [-0.25, -0.2) is 8.42 Å². The molecule has 1 aromatic rings. The van der Waals surface area contributed by atoms with Crippen LogP contribution in [0.5, 0.6) is 0 Å². The zero-order valence-corrected chi connectivity index (χ0v) is 16.8. The van der Waals surface area contributed by atoms with Gasteiger partial charge in [-0.3, -0.25) is 4.79 Å². The number of benzene rings is 1. The SMILES string of the molecule is Cc1ccc(S(=O)(=O)N2CCCN(C(=O)CC(C)(C)C)CC2)c(C)c1. The van der Waals surface area contributed by atoms with Crippen LogP contribution in [0.15, 0.2) is 23.1 Å². The van der Waals surface area contributed by atoms with Crippen molar-refractivity contribution in [2.75, 3.05) is 26.2 Å². The lowest BCUT2D eigenvalue weighted by Crippen LogP contribution is -2.38. The van der Waals surface area contributed by atoms with E-state index in [9.17, 15) is 13.2 Å². The second kappa shape index (κ2) is 7.46. The van der Waals surface area contributed by atoms with Gasteiger partial charge in [0, 0.05) is 32.6 Å². The van der Waals surface area contributed by atoms with Gasteiger partial charge in [0.2, 0.25) is 15.9 Å². The Hall–Kier alpha value is -1.40. The van der Waals surface area contributed by atoms with Crippen molar-refractivity contribution >= 4 is 15.9 Å². The van der Waals surface area contributed by atoms with Crippen LogP contribution in [0, 0.1) is 19.3 Å². The van der Waals surface area contributed by atoms with Crippen molar-refractivity contribution < 1.29 is 13.2 Å². The molecule has 1 aliphatic rings. The molecule has 0 spiro atoms. The van der Waals surface area contributed by atoms with Crippen LogP contribution in [0.2, 0.25) is 0 Å². The molecular formula is C19H30N2O3S. The Morgan fingerprint density at radius 3 is 2.36 bits per heavy atom. The monoisotopic (exact) mass is 366 g/mol. The van der Waals surface area contributed by atoms with Gasteiger partial charge in [-0.05, 0) is 37.3 Å². The molecule has 5 nitrogen and oxygen atoms in total. The first kappa shape index (κ1) is 19.9. The molecule has 0 aliphatic carbocycles. The van der Waals surface area contributed by atoms with E-state index in [0.29, 0.717) is 43.9 Å². The summed E-state index contributed by atoms with van der Waals surface area (Å²) in [5.74, 6) is 0.110. The van der Waals surface area contributed by atoms with E-state index in [4.69, 9.17) is 0 Å². The maximum atomic E-state index is 13.0. The van der Waals surface area contributed by atoms with Gasteiger partial charge in [0.15, 0.2) is 0 Å². The highest BCUT2D eigenvalue weighted by Crippen LogP contribution is 2.24. The largest absolute Gasteiger partial charge is 0.341 e. The standard InChI is InChI=1S/C19H30N2O3S/c1-15-7-8-17(16(2)13-15)25(23,24)21-10-6-9-20(11-12-21)18(22)14-19(3,4)5/h7-8,13H,6,9-12,14H2,1-5H3. The van der Waals surface area contributed by atoms with Gasteiger partial charge >= 0.3 is 0 Å². The van der Waals surface area contributed by atoms with Crippen LogP contribution in [0.3, 0.4) is 0 Å². The van der Waals surface area contributed by atoms with Crippen molar-refractivity contribution in [3.63, 3.8) is 0 Å². The zero-order valence-electron chi connectivity index (χ0n) is 16.0. The van der Waals surface area contributed by atoms with Gasteiger partial charge in [-0.1, -0.05) is 38.5 Å². The molecule has 0 saturated carbocycles. The molecule has 1 amide bonds. The third kappa shape index (κ3) is 5.05. The second-order valence-corrected chi connectivity index (χ2v) is 10.1. The van der Waals surface area contributed by atoms with Crippen LogP contribution in [0.4, 0.5) is 0 Å². The Bertz CT molecular complexity index is 736. The molecule has 0 unspecified atom stereocenters. The average molecular weight is 367 g/mol. The third-order valence-corrected chi connectivity index (χ3v) is 6.50. The predicted molar refractivity (Wildman–Crippen MR) is 99.9 cm³/mol. The highest BCUT2D eigenvalue weighted by atomic mass is 32.2. The fraction of sp³-hybridized carbons (Fsp3) is 0.632. The summed E-state index contributed by atoms with van der Waals surface area (Å²) in [6, 6.07) is 5.41. The van der Waals surface area contributed by atoms with Crippen molar-refractivity contribution in [3.8, 4) is 0 Å². The first-order chi connectivity index (χ1) is 11.5. The van der Waals surface area contributed by atoms with Crippen molar-refractivity contribution in [1.82, 2.24) is 9.21 Å². The highest BCUT2D eigenvalue weighted by molar-refractivity contribution is 7.89. The number of aryl methyl sites for hydroxylation is 2. The van der Waals surface area contributed by atoms with Crippen molar-refractivity contribution in [1.29, 1.82) is 0 Å². The van der Waals surface area contributed by atoms with Gasteiger partial charge < -0.3 is 4.90 Å². The van der Waals surface area contributed by atoms with Crippen molar-refractivity contribution in [2.24, 2.45) is 5.41 Å². The molecule has 6 heteroatoms. The van der Waals surface area contributed by atoms with Crippen molar-refractivity contribution in [2.45, 2.75) is 52.4 Å². The quantitative estimate of drug-likeness (QED) is 0.826. The van der Waals surface area contributed by atoms with Crippen LogP contribution in [-0.2, 0) is 14.8 Å². The fourth-order valence-electron chi connectivity index (χ4n) is 3.18. The highest BCUT2D eigenvalue weighted by Gasteiger charge is 2.30. The van der Waals surface area contributed by atoms with E-state index in [1.165, 1.54) is 4.31 Å². The first-order valence-electron chi connectivity index (χ1n) is 8.86. The van der Waals surface area contributed by atoms with Crippen LogP contribution in [0.1, 0.15) is 44.7 Å². The molecule has 25 heavy (non-hydrogen) atoms. The summed E-state index contributed by atoms with van der Waals surface area (Å²) in [6.45, 7) is 11.8. The predicted octanol–water partition coefficient (Wildman–Crippen LogP) is 2.96. The van der Waals surface area contributed by atoms with Crippen LogP contribution < -0.4 is 0 Å². The van der Waals surface area contributed by atoms with Crippen molar-refractivity contribution in [3.05, 3.63) is 29.3 Å². The number of rotatable bonds is 3. The minimum absolute atomic E-state index is 0.0613. The Morgan fingerprint density at radius 2 is 1.76 bits per heavy atom. The number of nitrogens with zero attached hydrogens (tertiary/aromatic N) is 2. The number of amides is 1. The Balaban J connectivity index is 2.13. The molecule has 0 radical (unpaired) electrons. The summed E-state index contributed by atoms with van der Waals surface area (Å²) in [5.41, 5.74) is 1.75. The Morgan fingerprint density at radius 1 is 1.08 bits per heavy atom. The number of carbonyl (C=O) groups is 1. The van der Waals surface area contributed by atoms with Gasteiger partial charge in [0.1, 0.15) is 0 Å². The lowest BCUT2D eigenvalue weighted by Gasteiger charge is -2.26. The second-order valence-electron chi connectivity index (χ2n) is 8.14. The number of carbonyl (C=O) groups excluding carboxylic acids is 1. The topological polar surface area (TPSA) is 57.7 Å². The lowest BCUT2D eigenvalue weighted by atomic mass is 9.91. The third-order valence-electron chi connectivity index (χ3n) is 4.44. The average Bonchev–Trinajstić information content (AvgIpc) is 2.71. The molecule has 0 aromatic heterocycles. The summed E-state index contributed by atoms with van der Waals surface area (Å²) in [6.07, 6.45) is 1.15. The van der Waals surface area contributed by atoms with Crippen LogP contribution in [-0.4, -0.2) is 49.7 Å².